The van der Waals surface area contributed by atoms with Gasteiger partial charge in [0.15, 0.2) is 11.5 Å². The highest BCUT2D eigenvalue weighted by molar-refractivity contribution is 6.32. The van der Waals surface area contributed by atoms with Crippen molar-refractivity contribution in [1.82, 2.24) is 15.1 Å². The first kappa shape index (κ1) is 14.7. The number of carbonyl (C=O) groups is 1. The van der Waals surface area contributed by atoms with E-state index < -0.39 is 0 Å². The summed E-state index contributed by atoms with van der Waals surface area (Å²) in [5, 5.41) is 7.36. The van der Waals surface area contributed by atoms with Crippen LogP contribution in [-0.4, -0.2) is 35.4 Å². The third-order valence-corrected chi connectivity index (χ3v) is 3.60. The molecule has 0 unspecified atom stereocenters. The lowest BCUT2D eigenvalue weighted by molar-refractivity contribution is 0.0954. The van der Waals surface area contributed by atoms with Gasteiger partial charge < -0.3 is 14.8 Å². The maximum absolute atomic E-state index is 11.9. The van der Waals surface area contributed by atoms with Crippen molar-refractivity contribution in [1.29, 1.82) is 0 Å². The molecule has 1 aromatic heterocycles. The SMILES string of the molecule is Cn1cc(C(=O)NCCc2cc(Cl)c3c(c2)OCCO3)cn1. The molecule has 0 fully saturated rings. The van der Waals surface area contributed by atoms with Crippen molar-refractivity contribution in [3.05, 3.63) is 40.7 Å². The van der Waals surface area contributed by atoms with E-state index in [1.165, 1.54) is 6.20 Å². The first-order valence-corrected chi connectivity index (χ1v) is 7.36. The first-order chi connectivity index (χ1) is 10.6. The molecule has 7 heteroatoms. The molecule has 1 aliphatic rings. The number of benzene rings is 1. The van der Waals surface area contributed by atoms with Crippen LogP contribution in [0.1, 0.15) is 15.9 Å². The van der Waals surface area contributed by atoms with Gasteiger partial charge in [-0.15, -0.1) is 0 Å². The predicted molar refractivity (Wildman–Crippen MR) is 81.7 cm³/mol. The Kier molecular flexibility index (Phi) is 4.20. The van der Waals surface area contributed by atoms with Crippen LogP contribution in [0.5, 0.6) is 11.5 Å². The summed E-state index contributed by atoms with van der Waals surface area (Å²) < 4.78 is 12.6. The lowest BCUT2D eigenvalue weighted by Crippen LogP contribution is -2.25. The Morgan fingerprint density at radius 2 is 2.23 bits per heavy atom. The van der Waals surface area contributed by atoms with E-state index >= 15 is 0 Å². The fourth-order valence-corrected chi connectivity index (χ4v) is 2.56. The van der Waals surface area contributed by atoms with E-state index in [0.717, 1.165) is 5.56 Å². The number of hydrogen-bond acceptors (Lipinski definition) is 4. The van der Waals surface area contributed by atoms with Gasteiger partial charge in [0.1, 0.15) is 13.2 Å². The van der Waals surface area contributed by atoms with Gasteiger partial charge in [0.05, 0.1) is 16.8 Å². The van der Waals surface area contributed by atoms with Crippen molar-refractivity contribution in [3.8, 4) is 11.5 Å². The summed E-state index contributed by atoms with van der Waals surface area (Å²) in [5.41, 5.74) is 1.53. The summed E-state index contributed by atoms with van der Waals surface area (Å²) in [7, 11) is 1.77. The van der Waals surface area contributed by atoms with Crippen molar-refractivity contribution in [2.45, 2.75) is 6.42 Å². The number of hydrogen-bond donors (Lipinski definition) is 1. The molecule has 6 nitrogen and oxygen atoms in total. The molecule has 2 heterocycles. The molecule has 0 saturated carbocycles. The molecule has 1 amide bonds. The minimum absolute atomic E-state index is 0.142. The number of amides is 1. The number of aromatic nitrogens is 2. The molecule has 0 aliphatic carbocycles. The Labute approximate surface area is 133 Å². The van der Waals surface area contributed by atoms with Gasteiger partial charge in [-0.25, -0.2) is 0 Å². The van der Waals surface area contributed by atoms with Crippen LogP contribution in [0.2, 0.25) is 5.02 Å². The highest BCUT2D eigenvalue weighted by Gasteiger charge is 2.16. The molecule has 1 aromatic carbocycles. The zero-order chi connectivity index (χ0) is 15.5. The van der Waals surface area contributed by atoms with E-state index in [1.807, 2.05) is 12.1 Å². The summed E-state index contributed by atoms with van der Waals surface area (Å²) in [6.45, 7) is 1.53. The highest BCUT2D eigenvalue weighted by Crippen LogP contribution is 2.38. The van der Waals surface area contributed by atoms with Crippen LogP contribution in [0.15, 0.2) is 24.5 Å². The van der Waals surface area contributed by atoms with E-state index in [4.69, 9.17) is 21.1 Å². The largest absolute Gasteiger partial charge is 0.486 e. The molecule has 2 aromatic rings. The third-order valence-electron chi connectivity index (χ3n) is 3.32. The van der Waals surface area contributed by atoms with Crippen LogP contribution in [0, 0.1) is 0 Å². The Morgan fingerprint density at radius 3 is 3.00 bits per heavy atom. The van der Waals surface area contributed by atoms with Crippen molar-refractivity contribution in [3.63, 3.8) is 0 Å². The number of rotatable bonds is 4. The summed E-state index contributed by atoms with van der Waals surface area (Å²) in [5.74, 6) is 1.11. The second kappa shape index (κ2) is 6.27. The molecule has 0 spiro atoms. The van der Waals surface area contributed by atoms with E-state index in [2.05, 4.69) is 10.4 Å². The van der Waals surface area contributed by atoms with Gasteiger partial charge in [0.2, 0.25) is 0 Å². The minimum Gasteiger partial charge on any atom is -0.486 e. The zero-order valence-corrected chi connectivity index (χ0v) is 12.9. The molecular formula is C15H16ClN3O3. The van der Waals surface area contributed by atoms with Gasteiger partial charge in [-0.05, 0) is 24.1 Å². The summed E-state index contributed by atoms with van der Waals surface area (Å²) in [4.78, 5) is 11.9. The molecule has 0 radical (unpaired) electrons. The smallest absolute Gasteiger partial charge is 0.254 e. The second-order valence-corrected chi connectivity index (χ2v) is 5.42. The molecule has 1 N–H and O–H groups in total. The quantitative estimate of drug-likeness (QED) is 0.933. The lowest BCUT2D eigenvalue weighted by atomic mass is 10.1. The van der Waals surface area contributed by atoms with Crippen LogP contribution < -0.4 is 14.8 Å². The van der Waals surface area contributed by atoms with Crippen molar-refractivity contribution >= 4 is 17.5 Å². The minimum atomic E-state index is -0.142. The Hall–Kier alpha value is -2.21. The number of fused-ring (bicyclic) bond motifs is 1. The Bertz CT molecular complexity index is 699. The molecule has 1 aliphatic heterocycles. The fraction of sp³-hybridized carbons (Fsp3) is 0.333. The van der Waals surface area contributed by atoms with Crippen molar-refractivity contribution in [2.75, 3.05) is 19.8 Å². The number of nitrogens with one attached hydrogen (secondary N) is 1. The van der Waals surface area contributed by atoms with Gasteiger partial charge in [0.25, 0.3) is 5.91 Å². The topological polar surface area (TPSA) is 65.4 Å². The van der Waals surface area contributed by atoms with Crippen LogP contribution in [0.25, 0.3) is 0 Å². The average molecular weight is 322 g/mol. The summed E-state index contributed by atoms with van der Waals surface area (Å²) in [6, 6.07) is 3.74. The van der Waals surface area contributed by atoms with Crippen molar-refractivity contribution < 1.29 is 14.3 Å². The maximum Gasteiger partial charge on any atom is 0.254 e. The summed E-state index contributed by atoms with van der Waals surface area (Å²) >= 11 is 6.18. The van der Waals surface area contributed by atoms with Crippen LogP contribution in [0.4, 0.5) is 0 Å². The number of carbonyl (C=O) groups excluding carboxylic acids is 1. The fourth-order valence-electron chi connectivity index (χ4n) is 2.27. The standard InChI is InChI=1S/C15H16ClN3O3/c1-19-9-11(8-18-19)15(20)17-3-2-10-6-12(16)14-13(7-10)21-4-5-22-14/h6-9H,2-5H2,1H3,(H,17,20). The second-order valence-electron chi connectivity index (χ2n) is 5.01. The number of aryl methyl sites for hydroxylation is 1. The lowest BCUT2D eigenvalue weighted by Gasteiger charge is -2.20. The first-order valence-electron chi connectivity index (χ1n) is 6.98. The van der Waals surface area contributed by atoms with Gasteiger partial charge >= 0.3 is 0 Å². The summed E-state index contributed by atoms with van der Waals surface area (Å²) in [6.07, 6.45) is 3.87. The maximum atomic E-state index is 11.9. The monoisotopic (exact) mass is 321 g/mol. The molecular weight excluding hydrogens is 306 g/mol. The van der Waals surface area contributed by atoms with Gasteiger partial charge in [-0.2, -0.15) is 5.10 Å². The van der Waals surface area contributed by atoms with Gasteiger partial charge in [-0.3, -0.25) is 9.48 Å². The van der Waals surface area contributed by atoms with E-state index in [0.29, 0.717) is 48.3 Å². The van der Waals surface area contributed by atoms with Gasteiger partial charge in [-0.1, -0.05) is 11.6 Å². The molecule has 0 bridgehead atoms. The zero-order valence-electron chi connectivity index (χ0n) is 12.1. The van der Waals surface area contributed by atoms with E-state index in [9.17, 15) is 4.79 Å². The third kappa shape index (κ3) is 3.17. The van der Waals surface area contributed by atoms with Crippen molar-refractivity contribution in [2.24, 2.45) is 7.05 Å². The molecule has 0 atom stereocenters. The normalized spacial score (nSPS) is 13.0. The van der Waals surface area contributed by atoms with Gasteiger partial charge in [0, 0.05) is 19.8 Å². The molecule has 3 rings (SSSR count). The number of halogens is 1. The molecule has 116 valence electrons. The predicted octanol–water partition coefficient (Wildman–Crippen LogP) is 1.82. The van der Waals surface area contributed by atoms with E-state index in [1.54, 1.807) is 17.9 Å². The van der Waals surface area contributed by atoms with E-state index in [-0.39, 0.29) is 5.91 Å². The Morgan fingerprint density at radius 1 is 1.41 bits per heavy atom. The highest BCUT2D eigenvalue weighted by atomic mass is 35.5. The Balaban J connectivity index is 1.60. The average Bonchev–Trinajstić information content (AvgIpc) is 2.94. The van der Waals surface area contributed by atoms with Crippen LogP contribution in [0.3, 0.4) is 0 Å². The molecule has 22 heavy (non-hydrogen) atoms. The number of ether oxygens (including phenoxy) is 2. The molecule has 0 saturated heterocycles. The van der Waals surface area contributed by atoms with Crippen LogP contribution >= 0.6 is 11.6 Å². The number of nitrogens with zero attached hydrogens (tertiary/aromatic N) is 2. The van der Waals surface area contributed by atoms with Crippen LogP contribution in [-0.2, 0) is 13.5 Å².